The Kier molecular flexibility index (Phi) is 4.45. The Morgan fingerprint density at radius 2 is 1.90 bits per heavy atom. The molecule has 1 aromatic rings. The maximum Gasteiger partial charge on any atom is 0.418 e. The van der Waals surface area contributed by atoms with Crippen molar-refractivity contribution in [3.05, 3.63) is 23.8 Å². The molecule has 0 heterocycles. The van der Waals surface area contributed by atoms with Crippen LogP contribution < -0.4 is 11.1 Å². The van der Waals surface area contributed by atoms with Crippen LogP contribution in [0.15, 0.2) is 18.2 Å². The van der Waals surface area contributed by atoms with Gasteiger partial charge >= 0.3 is 6.18 Å². The van der Waals surface area contributed by atoms with Crippen molar-refractivity contribution in [3.63, 3.8) is 0 Å². The zero-order valence-electron chi connectivity index (χ0n) is 11.6. The van der Waals surface area contributed by atoms with Gasteiger partial charge in [0.25, 0.3) is 0 Å². The SMILES string of the molecule is CC1CCCC(Nc2ccc(N)cc2C(F)(F)F)CC1. The van der Waals surface area contributed by atoms with E-state index in [9.17, 15) is 13.2 Å². The first kappa shape index (κ1) is 15.0. The van der Waals surface area contributed by atoms with Gasteiger partial charge in [-0.05, 0) is 43.4 Å². The summed E-state index contributed by atoms with van der Waals surface area (Å²) in [5.74, 6) is 0.662. The van der Waals surface area contributed by atoms with Gasteiger partial charge in [0.05, 0.1) is 5.56 Å². The molecule has 1 aromatic carbocycles. The van der Waals surface area contributed by atoms with Gasteiger partial charge < -0.3 is 11.1 Å². The molecule has 1 fully saturated rings. The molecule has 0 spiro atoms. The lowest BCUT2D eigenvalue weighted by molar-refractivity contribution is -0.136. The highest BCUT2D eigenvalue weighted by atomic mass is 19.4. The third kappa shape index (κ3) is 3.81. The molecular formula is C15H21F3N2. The van der Waals surface area contributed by atoms with Crippen LogP contribution in [-0.2, 0) is 6.18 Å². The molecule has 3 N–H and O–H groups in total. The van der Waals surface area contributed by atoms with Gasteiger partial charge in [0.2, 0.25) is 0 Å². The molecule has 1 aliphatic carbocycles. The molecule has 0 radical (unpaired) electrons. The molecule has 1 saturated carbocycles. The van der Waals surface area contributed by atoms with Crippen LogP contribution in [0.25, 0.3) is 0 Å². The second kappa shape index (κ2) is 5.94. The number of nitrogens with one attached hydrogen (secondary N) is 1. The Balaban J connectivity index is 2.16. The number of rotatable bonds is 2. The van der Waals surface area contributed by atoms with Crippen molar-refractivity contribution in [2.75, 3.05) is 11.1 Å². The quantitative estimate of drug-likeness (QED) is 0.612. The lowest BCUT2D eigenvalue weighted by atomic mass is 10.0. The number of hydrogen-bond donors (Lipinski definition) is 2. The van der Waals surface area contributed by atoms with E-state index in [-0.39, 0.29) is 17.4 Å². The van der Waals surface area contributed by atoms with E-state index < -0.39 is 11.7 Å². The number of hydrogen-bond acceptors (Lipinski definition) is 2. The van der Waals surface area contributed by atoms with E-state index in [1.807, 2.05) is 0 Å². The zero-order chi connectivity index (χ0) is 14.8. The molecule has 5 heteroatoms. The first-order valence-electron chi connectivity index (χ1n) is 7.09. The van der Waals surface area contributed by atoms with Gasteiger partial charge in [-0.1, -0.05) is 19.8 Å². The predicted molar refractivity (Wildman–Crippen MR) is 75.5 cm³/mol. The second-order valence-electron chi connectivity index (χ2n) is 5.76. The molecule has 2 atom stereocenters. The normalized spacial score (nSPS) is 24.2. The maximum absolute atomic E-state index is 13.0. The van der Waals surface area contributed by atoms with Crippen LogP contribution in [-0.4, -0.2) is 6.04 Å². The Bertz CT molecular complexity index is 457. The highest BCUT2D eigenvalue weighted by Crippen LogP contribution is 2.37. The van der Waals surface area contributed by atoms with Crippen LogP contribution in [0.3, 0.4) is 0 Å². The standard InChI is InChI=1S/C15H21F3N2/c1-10-3-2-4-12(7-5-10)20-14-8-6-11(19)9-13(14)15(16,17)18/h6,8-10,12,20H,2-5,7,19H2,1H3. The molecule has 2 unspecified atom stereocenters. The Morgan fingerprint density at radius 3 is 2.60 bits per heavy atom. The van der Waals surface area contributed by atoms with E-state index in [4.69, 9.17) is 5.73 Å². The summed E-state index contributed by atoms with van der Waals surface area (Å²) in [6.45, 7) is 2.20. The summed E-state index contributed by atoms with van der Waals surface area (Å²) >= 11 is 0. The molecule has 1 aliphatic rings. The van der Waals surface area contributed by atoms with Crippen LogP contribution >= 0.6 is 0 Å². The molecule has 0 amide bonds. The summed E-state index contributed by atoms with van der Waals surface area (Å²) in [6.07, 6.45) is 0.750. The monoisotopic (exact) mass is 286 g/mol. The van der Waals surface area contributed by atoms with Crippen LogP contribution in [0.4, 0.5) is 24.5 Å². The van der Waals surface area contributed by atoms with Crippen LogP contribution in [0.5, 0.6) is 0 Å². The van der Waals surface area contributed by atoms with Gasteiger partial charge in [-0.15, -0.1) is 0 Å². The second-order valence-corrected chi connectivity index (χ2v) is 5.76. The van der Waals surface area contributed by atoms with E-state index in [1.54, 1.807) is 0 Å². The van der Waals surface area contributed by atoms with Gasteiger partial charge in [-0.2, -0.15) is 13.2 Å². The largest absolute Gasteiger partial charge is 0.418 e. The third-order valence-corrected chi connectivity index (χ3v) is 3.97. The average molecular weight is 286 g/mol. The minimum atomic E-state index is -4.38. The number of nitrogens with two attached hydrogens (primary N) is 1. The molecule has 0 aliphatic heterocycles. The van der Waals surface area contributed by atoms with Crippen LogP contribution in [0.1, 0.15) is 44.6 Å². The van der Waals surface area contributed by atoms with Gasteiger partial charge in [0, 0.05) is 17.4 Å². The zero-order valence-corrected chi connectivity index (χ0v) is 11.6. The molecule has 0 bridgehead atoms. The smallest absolute Gasteiger partial charge is 0.399 e. The minimum absolute atomic E-state index is 0.115. The first-order chi connectivity index (χ1) is 9.36. The third-order valence-electron chi connectivity index (χ3n) is 3.97. The molecule has 0 saturated heterocycles. The Labute approximate surface area is 117 Å². The minimum Gasteiger partial charge on any atom is -0.399 e. The summed E-state index contributed by atoms with van der Waals surface area (Å²) in [5, 5.41) is 3.07. The fourth-order valence-corrected chi connectivity index (χ4v) is 2.77. The van der Waals surface area contributed by atoms with Crippen molar-refractivity contribution < 1.29 is 13.2 Å². The number of nitrogen functional groups attached to an aromatic ring is 1. The predicted octanol–water partition coefficient (Wildman–Crippen LogP) is 4.67. The summed E-state index contributed by atoms with van der Waals surface area (Å²) in [7, 11) is 0. The summed E-state index contributed by atoms with van der Waals surface area (Å²) in [6, 6.07) is 4.06. The highest BCUT2D eigenvalue weighted by Gasteiger charge is 2.34. The molecular weight excluding hydrogens is 265 g/mol. The maximum atomic E-state index is 13.0. The van der Waals surface area contributed by atoms with Crippen molar-refractivity contribution >= 4 is 11.4 Å². The Hall–Kier alpha value is -1.39. The average Bonchev–Trinajstić information content (AvgIpc) is 2.55. The van der Waals surface area contributed by atoms with Crippen molar-refractivity contribution in [3.8, 4) is 0 Å². The molecule has 0 aromatic heterocycles. The van der Waals surface area contributed by atoms with E-state index in [2.05, 4.69) is 12.2 Å². The topological polar surface area (TPSA) is 38.0 Å². The van der Waals surface area contributed by atoms with Crippen LogP contribution in [0, 0.1) is 5.92 Å². The summed E-state index contributed by atoms with van der Waals surface area (Å²) < 4.78 is 39.1. The molecule has 20 heavy (non-hydrogen) atoms. The van der Waals surface area contributed by atoms with E-state index >= 15 is 0 Å². The first-order valence-corrected chi connectivity index (χ1v) is 7.09. The Morgan fingerprint density at radius 1 is 1.15 bits per heavy atom. The fraction of sp³-hybridized carbons (Fsp3) is 0.600. The summed E-state index contributed by atoms with van der Waals surface area (Å²) in [4.78, 5) is 0. The van der Waals surface area contributed by atoms with E-state index in [0.717, 1.165) is 38.2 Å². The van der Waals surface area contributed by atoms with Gasteiger partial charge in [0.1, 0.15) is 0 Å². The van der Waals surface area contributed by atoms with Gasteiger partial charge in [0.15, 0.2) is 0 Å². The van der Waals surface area contributed by atoms with Crippen molar-refractivity contribution in [1.82, 2.24) is 0 Å². The fourth-order valence-electron chi connectivity index (χ4n) is 2.77. The highest BCUT2D eigenvalue weighted by molar-refractivity contribution is 5.59. The number of benzene rings is 1. The van der Waals surface area contributed by atoms with Crippen molar-refractivity contribution in [2.45, 2.75) is 51.2 Å². The van der Waals surface area contributed by atoms with E-state index in [1.165, 1.54) is 12.1 Å². The molecule has 2 nitrogen and oxygen atoms in total. The van der Waals surface area contributed by atoms with Crippen molar-refractivity contribution in [1.29, 1.82) is 0 Å². The number of anilines is 2. The van der Waals surface area contributed by atoms with E-state index in [0.29, 0.717) is 5.92 Å². The summed E-state index contributed by atoms with van der Waals surface area (Å²) in [5.41, 5.74) is 5.08. The lowest BCUT2D eigenvalue weighted by Crippen LogP contribution is -2.21. The number of halogens is 3. The van der Waals surface area contributed by atoms with Gasteiger partial charge in [-0.25, -0.2) is 0 Å². The van der Waals surface area contributed by atoms with Crippen molar-refractivity contribution in [2.24, 2.45) is 5.92 Å². The lowest BCUT2D eigenvalue weighted by Gasteiger charge is -2.21. The van der Waals surface area contributed by atoms with Crippen LogP contribution in [0.2, 0.25) is 0 Å². The molecule has 2 rings (SSSR count). The molecule has 112 valence electrons. The number of alkyl halides is 3. The van der Waals surface area contributed by atoms with Gasteiger partial charge in [-0.3, -0.25) is 0 Å².